The number of nitrogens with zero attached hydrogens (tertiary/aromatic N) is 1. The Hall–Kier alpha value is -1.76. The Bertz CT molecular complexity index is 516. The quantitative estimate of drug-likeness (QED) is 0.932. The van der Waals surface area contributed by atoms with Crippen molar-refractivity contribution >= 4 is 29.2 Å². The van der Waals surface area contributed by atoms with Crippen LogP contribution in [0.5, 0.6) is 0 Å². The molecule has 0 aliphatic rings. The van der Waals surface area contributed by atoms with Crippen LogP contribution < -0.4 is 4.90 Å². The fourth-order valence-corrected chi connectivity index (χ4v) is 1.62. The molecule has 0 heterocycles. The lowest BCUT2D eigenvalue weighted by molar-refractivity contribution is -0.131. The van der Waals surface area contributed by atoms with Crippen molar-refractivity contribution < 1.29 is 27.9 Å². The zero-order valence-corrected chi connectivity index (χ0v) is 10.4. The molecule has 104 valence electrons. The highest BCUT2D eigenvalue weighted by Gasteiger charge is 2.34. The summed E-state index contributed by atoms with van der Waals surface area (Å²) in [6, 6.07) is 3.28. The van der Waals surface area contributed by atoms with E-state index in [0.717, 1.165) is 19.1 Å². The summed E-state index contributed by atoms with van der Waals surface area (Å²) in [5.41, 5.74) is -0.811. The van der Waals surface area contributed by atoms with Crippen LogP contribution in [-0.2, 0) is 4.79 Å². The minimum absolute atomic E-state index is 0.0356. The van der Waals surface area contributed by atoms with Crippen molar-refractivity contribution in [2.75, 3.05) is 11.4 Å². The lowest BCUT2D eigenvalue weighted by Crippen LogP contribution is -2.38. The van der Waals surface area contributed by atoms with Crippen molar-refractivity contribution in [1.29, 1.82) is 0 Å². The topological polar surface area (TPSA) is 57.6 Å². The van der Waals surface area contributed by atoms with Crippen LogP contribution in [0.3, 0.4) is 0 Å². The van der Waals surface area contributed by atoms with E-state index in [1.54, 1.807) is 0 Å². The smallest absolute Gasteiger partial charge is 0.406 e. The Morgan fingerprint density at radius 1 is 1.37 bits per heavy atom. The maximum absolute atomic E-state index is 12.4. The van der Waals surface area contributed by atoms with Gasteiger partial charge in [0.05, 0.1) is 11.3 Å². The van der Waals surface area contributed by atoms with Gasteiger partial charge in [0.1, 0.15) is 6.54 Å². The van der Waals surface area contributed by atoms with E-state index in [1.807, 2.05) is 0 Å². The summed E-state index contributed by atoms with van der Waals surface area (Å²) < 4.78 is 37.2. The highest BCUT2D eigenvalue weighted by atomic mass is 35.5. The molecule has 0 spiro atoms. The molecule has 8 heteroatoms. The van der Waals surface area contributed by atoms with Gasteiger partial charge in [-0.15, -0.1) is 0 Å². The van der Waals surface area contributed by atoms with Gasteiger partial charge in [0.15, 0.2) is 0 Å². The number of aromatic carboxylic acids is 1. The zero-order chi connectivity index (χ0) is 14.8. The van der Waals surface area contributed by atoms with Crippen molar-refractivity contribution in [3.63, 3.8) is 0 Å². The van der Waals surface area contributed by atoms with Crippen LogP contribution in [0.1, 0.15) is 17.3 Å². The Morgan fingerprint density at radius 2 is 1.95 bits per heavy atom. The largest absolute Gasteiger partial charge is 0.478 e. The molecule has 4 nitrogen and oxygen atoms in total. The molecule has 0 radical (unpaired) electrons. The summed E-state index contributed by atoms with van der Waals surface area (Å²) in [5.74, 6) is -2.37. The Labute approximate surface area is 111 Å². The number of rotatable bonds is 3. The molecule has 19 heavy (non-hydrogen) atoms. The maximum Gasteiger partial charge on any atom is 0.406 e. The molecule has 0 saturated heterocycles. The van der Waals surface area contributed by atoms with E-state index < -0.39 is 30.2 Å². The van der Waals surface area contributed by atoms with Crippen LogP contribution in [-0.4, -0.2) is 29.7 Å². The molecule has 0 unspecified atom stereocenters. The van der Waals surface area contributed by atoms with Crippen molar-refractivity contribution in [3.05, 3.63) is 28.8 Å². The van der Waals surface area contributed by atoms with Crippen LogP contribution in [0.15, 0.2) is 18.2 Å². The number of carboxylic acid groups (broad SMARTS) is 1. The third kappa shape index (κ3) is 4.13. The van der Waals surface area contributed by atoms with Crippen LogP contribution in [0.2, 0.25) is 5.02 Å². The second-order valence-electron chi connectivity index (χ2n) is 3.69. The van der Waals surface area contributed by atoms with Gasteiger partial charge in [-0.1, -0.05) is 11.6 Å². The Balaban J connectivity index is 3.33. The van der Waals surface area contributed by atoms with Gasteiger partial charge in [0, 0.05) is 11.9 Å². The van der Waals surface area contributed by atoms with E-state index in [9.17, 15) is 22.8 Å². The fourth-order valence-electron chi connectivity index (χ4n) is 1.45. The number of halogens is 4. The van der Waals surface area contributed by atoms with E-state index in [2.05, 4.69) is 0 Å². The van der Waals surface area contributed by atoms with Crippen molar-refractivity contribution in [2.24, 2.45) is 0 Å². The van der Waals surface area contributed by atoms with E-state index >= 15 is 0 Å². The predicted octanol–water partition coefficient (Wildman–Crippen LogP) is 2.95. The fraction of sp³-hybridized carbons (Fsp3) is 0.273. The Kier molecular flexibility index (Phi) is 4.41. The average Bonchev–Trinajstić information content (AvgIpc) is 2.23. The molecule has 1 N–H and O–H groups in total. The van der Waals surface area contributed by atoms with Crippen LogP contribution in [0.25, 0.3) is 0 Å². The first-order valence-electron chi connectivity index (χ1n) is 4.99. The average molecular weight is 296 g/mol. The highest BCUT2D eigenvalue weighted by Crippen LogP contribution is 2.28. The molecule has 0 bridgehead atoms. The number of amides is 1. The van der Waals surface area contributed by atoms with Crippen LogP contribution >= 0.6 is 11.6 Å². The van der Waals surface area contributed by atoms with E-state index in [4.69, 9.17) is 16.7 Å². The standard InChI is InChI=1S/C11H9ClF3NO3/c1-6(17)16(5-11(13,14)15)9-4-7(12)2-3-8(9)10(18)19/h2-4H,5H2,1H3,(H,18,19). The Morgan fingerprint density at radius 3 is 2.37 bits per heavy atom. The lowest BCUT2D eigenvalue weighted by atomic mass is 10.1. The molecule has 0 saturated carbocycles. The van der Waals surface area contributed by atoms with E-state index in [0.29, 0.717) is 4.90 Å². The zero-order valence-electron chi connectivity index (χ0n) is 9.66. The molecule has 0 fully saturated rings. The molecule has 1 aromatic carbocycles. The van der Waals surface area contributed by atoms with Gasteiger partial charge >= 0.3 is 12.1 Å². The number of carbonyl (C=O) groups excluding carboxylic acids is 1. The summed E-state index contributed by atoms with van der Waals surface area (Å²) in [6.07, 6.45) is -4.65. The summed E-state index contributed by atoms with van der Waals surface area (Å²) >= 11 is 5.63. The maximum atomic E-state index is 12.4. The second kappa shape index (κ2) is 5.48. The highest BCUT2D eigenvalue weighted by molar-refractivity contribution is 6.31. The van der Waals surface area contributed by atoms with Crippen LogP contribution in [0.4, 0.5) is 18.9 Å². The van der Waals surface area contributed by atoms with Gasteiger partial charge < -0.3 is 10.0 Å². The molecule has 1 amide bonds. The SMILES string of the molecule is CC(=O)N(CC(F)(F)F)c1cc(Cl)ccc1C(=O)O. The first-order valence-corrected chi connectivity index (χ1v) is 5.37. The first kappa shape index (κ1) is 15.3. The minimum atomic E-state index is -4.65. The van der Waals surface area contributed by atoms with Gasteiger partial charge in [-0.3, -0.25) is 4.79 Å². The van der Waals surface area contributed by atoms with Crippen LogP contribution in [0, 0.1) is 0 Å². The molecule has 1 rings (SSSR count). The molecule has 0 aliphatic heterocycles. The monoisotopic (exact) mass is 295 g/mol. The second-order valence-corrected chi connectivity index (χ2v) is 4.12. The molecule has 0 atom stereocenters. The number of hydrogen-bond donors (Lipinski definition) is 1. The molecular formula is C11H9ClF3NO3. The summed E-state index contributed by atoms with van der Waals surface area (Å²) in [7, 11) is 0. The normalized spacial score (nSPS) is 11.2. The van der Waals surface area contributed by atoms with Gasteiger partial charge in [-0.25, -0.2) is 4.79 Å². The third-order valence-electron chi connectivity index (χ3n) is 2.20. The number of carbonyl (C=O) groups is 2. The molecule has 1 aromatic rings. The van der Waals surface area contributed by atoms with Gasteiger partial charge in [0.2, 0.25) is 5.91 Å². The number of carboxylic acids is 1. The molecule has 0 aliphatic carbocycles. The minimum Gasteiger partial charge on any atom is -0.478 e. The summed E-state index contributed by atoms with van der Waals surface area (Å²) in [6.45, 7) is -0.665. The van der Waals surface area contributed by atoms with Gasteiger partial charge in [0.25, 0.3) is 0 Å². The van der Waals surface area contributed by atoms with E-state index in [1.165, 1.54) is 6.07 Å². The lowest BCUT2D eigenvalue weighted by Gasteiger charge is -2.24. The van der Waals surface area contributed by atoms with Gasteiger partial charge in [-0.05, 0) is 18.2 Å². The molecule has 0 aromatic heterocycles. The van der Waals surface area contributed by atoms with E-state index in [-0.39, 0.29) is 10.7 Å². The predicted molar refractivity (Wildman–Crippen MR) is 62.5 cm³/mol. The number of hydrogen-bond acceptors (Lipinski definition) is 2. The van der Waals surface area contributed by atoms with Crippen molar-refractivity contribution in [1.82, 2.24) is 0 Å². The van der Waals surface area contributed by atoms with Crippen molar-refractivity contribution in [3.8, 4) is 0 Å². The summed E-state index contributed by atoms with van der Waals surface area (Å²) in [5, 5.41) is 8.96. The van der Waals surface area contributed by atoms with Gasteiger partial charge in [-0.2, -0.15) is 13.2 Å². The third-order valence-corrected chi connectivity index (χ3v) is 2.43. The summed E-state index contributed by atoms with van der Waals surface area (Å²) in [4.78, 5) is 22.6. The molecular weight excluding hydrogens is 287 g/mol. The van der Waals surface area contributed by atoms with Crippen molar-refractivity contribution in [2.45, 2.75) is 13.1 Å². The number of benzene rings is 1. The number of anilines is 1. The first-order chi connectivity index (χ1) is 8.61. The number of alkyl halides is 3.